The lowest BCUT2D eigenvalue weighted by Gasteiger charge is -2.05. The average molecular weight is 331 g/mol. The van der Waals surface area contributed by atoms with Gasteiger partial charge >= 0.3 is 5.97 Å². The van der Waals surface area contributed by atoms with E-state index in [9.17, 15) is 19.7 Å². The number of nitro benzene ring substituents is 1. The fraction of sp³-hybridized carbons (Fsp3) is 0.294. The Morgan fingerprint density at radius 2 is 1.83 bits per heavy atom. The molecule has 0 unspecified atom stereocenters. The summed E-state index contributed by atoms with van der Waals surface area (Å²) < 4.78 is 10.4. The average Bonchev–Trinajstić information content (AvgIpc) is 2.77. The molecule has 0 radical (unpaired) electrons. The number of furan rings is 1. The second kappa shape index (κ2) is 6.66. The first-order chi connectivity index (χ1) is 11.2. The molecule has 0 saturated carbocycles. The van der Waals surface area contributed by atoms with Crippen molar-refractivity contribution >= 4 is 17.4 Å². The van der Waals surface area contributed by atoms with Crippen molar-refractivity contribution in [3.8, 4) is 0 Å². The molecule has 1 aromatic carbocycles. The van der Waals surface area contributed by atoms with Crippen LogP contribution in [0.1, 0.15) is 43.4 Å². The van der Waals surface area contributed by atoms with Gasteiger partial charge in [-0.1, -0.05) is 12.1 Å². The van der Waals surface area contributed by atoms with Crippen LogP contribution in [0.25, 0.3) is 0 Å². The summed E-state index contributed by atoms with van der Waals surface area (Å²) in [6.07, 6.45) is 0. The molecule has 7 nitrogen and oxygen atoms in total. The Bertz CT molecular complexity index is 834. The molecule has 0 spiro atoms. The summed E-state index contributed by atoms with van der Waals surface area (Å²) in [7, 11) is 0. The molecule has 0 fully saturated rings. The predicted molar refractivity (Wildman–Crippen MR) is 85.4 cm³/mol. The highest BCUT2D eigenvalue weighted by molar-refractivity contribution is 6.00. The van der Waals surface area contributed by atoms with Gasteiger partial charge in [0.2, 0.25) is 5.78 Å². The molecule has 0 aliphatic heterocycles. The van der Waals surface area contributed by atoms with Crippen molar-refractivity contribution in [2.24, 2.45) is 0 Å². The number of nitro groups is 1. The molecule has 0 saturated heterocycles. The Balaban J connectivity index is 2.12. The summed E-state index contributed by atoms with van der Waals surface area (Å²) in [5.41, 5.74) is 1.39. The fourth-order valence-electron chi connectivity index (χ4n) is 2.36. The highest BCUT2D eigenvalue weighted by atomic mass is 16.6. The van der Waals surface area contributed by atoms with E-state index in [0.717, 1.165) is 0 Å². The first-order valence-corrected chi connectivity index (χ1v) is 7.24. The predicted octanol–water partition coefficient (Wildman–Crippen LogP) is 3.46. The number of aryl methyl sites for hydroxylation is 3. The number of Topliss-reactive ketones (excluding diaryl/α,β-unsaturated/α-hetero) is 1. The summed E-state index contributed by atoms with van der Waals surface area (Å²) in [6, 6.07) is 4.14. The van der Waals surface area contributed by atoms with Crippen LogP contribution in [0.5, 0.6) is 0 Å². The van der Waals surface area contributed by atoms with Crippen molar-refractivity contribution in [3.05, 3.63) is 62.1 Å². The van der Waals surface area contributed by atoms with Gasteiger partial charge in [0.25, 0.3) is 5.69 Å². The van der Waals surface area contributed by atoms with E-state index in [-0.39, 0.29) is 11.3 Å². The minimum absolute atomic E-state index is 0.122. The van der Waals surface area contributed by atoms with Gasteiger partial charge in [0.15, 0.2) is 6.61 Å². The summed E-state index contributed by atoms with van der Waals surface area (Å²) in [6.45, 7) is 6.19. The molecule has 0 aliphatic carbocycles. The van der Waals surface area contributed by atoms with E-state index >= 15 is 0 Å². The van der Waals surface area contributed by atoms with Crippen LogP contribution in [-0.4, -0.2) is 23.3 Å². The molecule has 0 N–H and O–H groups in total. The number of hydrogen-bond donors (Lipinski definition) is 0. The number of ether oxygens (including phenoxy) is 1. The molecular formula is C17H17NO6. The Morgan fingerprint density at radius 3 is 2.38 bits per heavy atom. The number of esters is 1. The SMILES string of the molecule is Cc1ccc(C(=O)COC(=O)c2c(C)oc(C)c2C)cc1[N+](=O)[O-]. The Labute approximate surface area is 138 Å². The van der Waals surface area contributed by atoms with Crippen LogP contribution in [0.2, 0.25) is 0 Å². The van der Waals surface area contributed by atoms with E-state index < -0.39 is 23.3 Å². The minimum Gasteiger partial charge on any atom is -0.465 e. The van der Waals surface area contributed by atoms with Gasteiger partial charge in [-0.15, -0.1) is 0 Å². The van der Waals surface area contributed by atoms with Gasteiger partial charge in [0.05, 0.1) is 4.92 Å². The molecule has 126 valence electrons. The van der Waals surface area contributed by atoms with E-state index in [2.05, 4.69) is 0 Å². The molecule has 2 aromatic rings. The molecule has 0 atom stereocenters. The maximum absolute atomic E-state index is 12.1. The molecule has 0 aliphatic rings. The van der Waals surface area contributed by atoms with Crippen molar-refractivity contribution in [1.82, 2.24) is 0 Å². The quantitative estimate of drug-likeness (QED) is 0.360. The Morgan fingerprint density at radius 1 is 1.17 bits per heavy atom. The lowest BCUT2D eigenvalue weighted by Crippen LogP contribution is -2.15. The molecule has 1 aromatic heterocycles. The van der Waals surface area contributed by atoms with Crippen molar-refractivity contribution in [2.45, 2.75) is 27.7 Å². The van der Waals surface area contributed by atoms with E-state index in [1.807, 2.05) is 0 Å². The number of rotatable bonds is 5. The van der Waals surface area contributed by atoms with E-state index in [1.54, 1.807) is 27.7 Å². The fourth-order valence-corrected chi connectivity index (χ4v) is 2.36. The summed E-state index contributed by atoms with van der Waals surface area (Å²) in [5, 5.41) is 10.9. The molecule has 0 bridgehead atoms. The van der Waals surface area contributed by atoms with Gasteiger partial charge in [-0.3, -0.25) is 14.9 Å². The number of nitrogens with zero attached hydrogens (tertiary/aromatic N) is 1. The summed E-state index contributed by atoms with van der Waals surface area (Å²) in [5.74, 6) is -0.132. The molecule has 0 amide bonds. The molecule has 2 rings (SSSR count). The number of carbonyl (C=O) groups is 2. The standard InChI is InChI=1S/C17H17NO6/c1-9-5-6-13(7-14(9)18(21)22)15(19)8-23-17(20)16-10(2)11(3)24-12(16)4/h5-7H,8H2,1-4H3. The number of hydrogen-bond acceptors (Lipinski definition) is 6. The third-order valence-corrected chi connectivity index (χ3v) is 3.83. The van der Waals surface area contributed by atoms with Gasteiger partial charge in [0, 0.05) is 22.8 Å². The van der Waals surface area contributed by atoms with Crippen LogP contribution in [0.15, 0.2) is 22.6 Å². The minimum atomic E-state index is -0.656. The first kappa shape index (κ1) is 17.4. The van der Waals surface area contributed by atoms with Crippen LogP contribution in [0, 0.1) is 37.8 Å². The highest BCUT2D eigenvalue weighted by Crippen LogP contribution is 2.22. The van der Waals surface area contributed by atoms with Gasteiger partial charge in [-0.2, -0.15) is 0 Å². The lowest BCUT2D eigenvalue weighted by molar-refractivity contribution is -0.385. The van der Waals surface area contributed by atoms with Gasteiger partial charge in [-0.05, 0) is 27.7 Å². The number of ketones is 1. The van der Waals surface area contributed by atoms with Gasteiger partial charge < -0.3 is 9.15 Å². The molecule has 24 heavy (non-hydrogen) atoms. The second-order valence-electron chi connectivity index (χ2n) is 5.47. The van der Waals surface area contributed by atoms with Crippen LogP contribution >= 0.6 is 0 Å². The molecular weight excluding hydrogens is 314 g/mol. The Hall–Kier alpha value is -2.96. The van der Waals surface area contributed by atoms with Crippen molar-refractivity contribution in [3.63, 3.8) is 0 Å². The van der Waals surface area contributed by atoms with Crippen LogP contribution < -0.4 is 0 Å². The largest absolute Gasteiger partial charge is 0.465 e. The summed E-state index contributed by atoms with van der Waals surface area (Å²) in [4.78, 5) is 34.6. The van der Waals surface area contributed by atoms with E-state index in [1.165, 1.54) is 18.2 Å². The third-order valence-electron chi connectivity index (χ3n) is 3.83. The Kier molecular flexibility index (Phi) is 4.82. The molecule has 7 heteroatoms. The van der Waals surface area contributed by atoms with E-state index in [4.69, 9.17) is 9.15 Å². The number of carbonyl (C=O) groups excluding carboxylic acids is 2. The zero-order valence-electron chi connectivity index (χ0n) is 13.8. The third kappa shape index (κ3) is 3.34. The first-order valence-electron chi connectivity index (χ1n) is 7.24. The maximum Gasteiger partial charge on any atom is 0.342 e. The van der Waals surface area contributed by atoms with Crippen molar-refractivity contribution in [2.75, 3.05) is 6.61 Å². The molecule has 1 heterocycles. The van der Waals surface area contributed by atoms with Crippen molar-refractivity contribution in [1.29, 1.82) is 0 Å². The lowest BCUT2D eigenvalue weighted by atomic mass is 10.1. The van der Waals surface area contributed by atoms with Gasteiger partial charge in [0.1, 0.15) is 17.1 Å². The highest BCUT2D eigenvalue weighted by Gasteiger charge is 2.22. The van der Waals surface area contributed by atoms with Crippen molar-refractivity contribution < 1.29 is 23.7 Å². The normalized spacial score (nSPS) is 10.5. The monoisotopic (exact) mass is 331 g/mol. The summed E-state index contributed by atoms with van der Waals surface area (Å²) >= 11 is 0. The second-order valence-corrected chi connectivity index (χ2v) is 5.47. The smallest absolute Gasteiger partial charge is 0.342 e. The van der Waals surface area contributed by atoms with E-state index in [0.29, 0.717) is 28.2 Å². The van der Waals surface area contributed by atoms with Gasteiger partial charge in [-0.25, -0.2) is 4.79 Å². The zero-order valence-corrected chi connectivity index (χ0v) is 13.8. The zero-order chi connectivity index (χ0) is 18.0. The van der Waals surface area contributed by atoms with Crippen LogP contribution in [0.3, 0.4) is 0 Å². The van der Waals surface area contributed by atoms with Crippen LogP contribution in [-0.2, 0) is 4.74 Å². The number of benzene rings is 1. The maximum atomic E-state index is 12.1. The topological polar surface area (TPSA) is 99.7 Å². The van der Waals surface area contributed by atoms with Crippen LogP contribution in [0.4, 0.5) is 5.69 Å².